The lowest BCUT2D eigenvalue weighted by atomic mass is 10.2. The zero-order valence-electron chi connectivity index (χ0n) is 12.0. The maximum atomic E-state index is 12.2. The van der Waals surface area contributed by atoms with Crippen LogP contribution in [-0.4, -0.2) is 48.4 Å². The maximum absolute atomic E-state index is 12.2. The molecule has 1 fully saturated rings. The molecule has 1 saturated heterocycles. The van der Waals surface area contributed by atoms with E-state index < -0.39 is 0 Å². The Bertz CT molecular complexity index is 473. The van der Waals surface area contributed by atoms with Crippen LogP contribution in [0.2, 0.25) is 0 Å². The van der Waals surface area contributed by atoms with E-state index >= 15 is 0 Å². The molecule has 3 amide bonds. The van der Waals surface area contributed by atoms with Gasteiger partial charge in [-0.25, -0.2) is 4.79 Å². The molecular formula is C15H21N3O2. The van der Waals surface area contributed by atoms with Crippen LogP contribution < -0.4 is 5.32 Å². The summed E-state index contributed by atoms with van der Waals surface area (Å²) in [6.45, 7) is 1.15. The standard InChI is InChI=1S/C15H21N3O2/c1-17(2)15(20)18-10-6-9-13(18)14(19)16-11-12-7-4-3-5-8-12/h3-5,7-8,13H,6,9-11H2,1-2H3,(H,16,19)/t13-/m0/s1. The van der Waals surface area contributed by atoms with Crippen LogP contribution in [0, 0.1) is 0 Å². The summed E-state index contributed by atoms with van der Waals surface area (Å²) in [4.78, 5) is 27.4. The molecule has 1 aliphatic heterocycles. The number of hydrogen-bond acceptors (Lipinski definition) is 2. The first kappa shape index (κ1) is 14.4. The lowest BCUT2D eigenvalue weighted by Crippen LogP contribution is -2.49. The van der Waals surface area contributed by atoms with Gasteiger partial charge in [-0.3, -0.25) is 4.79 Å². The lowest BCUT2D eigenvalue weighted by molar-refractivity contribution is -0.125. The summed E-state index contributed by atoms with van der Waals surface area (Å²) in [5, 5.41) is 2.91. The molecule has 1 heterocycles. The van der Waals surface area contributed by atoms with Crippen molar-refractivity contribution in [3.05, 3.63) is 35.9 Å². The third kappa shape index (κ3) is 3.29. The zero-order valence-corrected chi connectivity index (χ0v) is 12.0. The van der Waals surface area contributed by atoms with E-state index in [0.717, 1.165) is 18.4 Å². The quantitative estimate of drug-likeness (QED) is 0.907. The number of carbonyl (C=O) groups excluding carboxylic acids is 2. The van der Waals surface area contributed by atoms with Gasteiger partial charge < -0.3 is 15.1 Å². The zero-order chi connectivity index (χ0) is 14.5. The van der Waals surface area contributed by atoms with Gasteiger partial charge in [0, 0.05) is 27.2 Å². The Hall–Kier alpha value is -2.04. The molecule has 20 heavy (non-hydrogen) atoms. The summed E-state index contributed by atoms with van der Waals surface area (Å²) in [6.07, 6.45) is 1.61. The number of nitrogens with zero attached hydrogens (tertiary/aromatic N) is 2. The second-order valence-corrected chi connectivity index (χ2v) is 5.23. The van der Waals surface area contributed by atoms with Crippen molar-refractivity contribution in [1.29, 1.82) is 0 Å². The second kappa shape index (κ2) is 6.41. The first-order chi connectivity index (χ1) is 9.59. The van der Waals surface area contributed by atoms with Crippen molar-refractivity contribution in [2.45, 2.75) is 25.4 Å². The van der Waals surface area contributed by atoms with Crippen LogP contribution in [0.25, 0.3) is 0 Å². The SMILES string of the molecule is CN(C)C(=O)N1CCC[C@H]1C(=O)NCc1ccccc1. The van der Waals surface area contributed by atoms with Gasteiger partial charge in [0.15, 0.2) is 0 Å². The molecule has 1 N–H and O–H groups in total. The van der Waals surface area contributed by atoms with E-state index in [9.17, 15) is 9.59 Å². The summed E-state index contributed by atoms with van der Waals surface area (Å²) in [7, 11) is 3.42. The van der Waals surface area contributed by atoms with Crippen molar-refractivity contribution in [2.24, 2.45) is 0 Å². The largest absolute Gasteiger partial charge is 0.350 e. The topological polar surface area (TPSA) is 52.7 Å². The molecule has 2 rings (SSSR count). The minimum Gasteiger partial charge on any atom is -0.350 e. The Morgan fingerprint density at radius 2 is 2.00 bits per heavy atom. The fraction of sp³-hybridized carbons (Fsp3) is 0.467. The molecule has 5 nitrogen and oxygen atoms in total. The number of nitrogens with one attached hydrogen (secondary N) is 1. The number of rotatable bonds is 3. The highest BCUT2D eigenvalue weighted by Gasteiger charge is 2.34. The van der Waals surface area contributed by atoms with Crippen LogP contribution in [0.4, 0.5) is 4.79 Å². The van der Waals surface area contributed by atoms with Gasteiger partial charge in [0.05, 0.1) is 0 Å². The molecule has 0 aliphatic carbocycles. The van der Waals surface area contributed by atoms with Crippen LogP contribution in [0.3, 0.4) is 0 Å². The molecule has 108 valence electrons. The van der Waals surface area contributed by atoms with Gasteiger partial charge in [0.1, 0.15) is 6.04 Å². The molecule has 0 aromatic heterocycles. The molecule has 1 aliphatic rings. The highest BCUT2D eigenvalue weighted by atomic mass is 16.2. The van der Waals surface area contributed by atoms with Crippen molar-refractivity contribution >= 4 is 11.9 Å². The van der Waals surface area contributed by atoms with Crippen molar-refractivity contribution in [3.8, 4) is 0 Å². The molecule has 1 aromatic rings. The van der Waals surface area contributed by atoms with Crippen LogP contribution in [0.5, 0.6) is 0 Å². The van der Waals surface area contributed by atoms with Gasteiger partial charge >= 0.3 is 6.03 Å². The van der Waals surface area contributed by atoms with Crippen LogP contribution >= 0.6 is 0 Å². The molecule has 1 aromatic carbocycles. The van der Waals surface area contributed by atoms with Crippen LogP contribution in [-0.2, 0) is 11.3 Å². The third-order valence-corrected chi connectivity index (χ3v) is 3.49. The van der Waals surface area contributed by atoms with E-state index in [2.05, 4.69) is 5.32 Å². The van der Waals surface area contributed by atoms with Crippen LogP contribution in [0.1, 0.15) is 18.4 Å². The number of hydrogen-bond donors (Lipinski definition) is 1. The molecule has 0 spiro atoms. The first-order valence-corrected chi connectivity index (χ1v) is 6.89. The van der Waals surface area contributed by atoms with E-state index in [4.69, 9.17) is 0 Å². The van der Waals surface area contributed by atoms with Gasteiger partial charge in [-0.15, -0.1) is 0 Å². The highest BCUT2D eigenvalue weighted by Crippen LogP contribution is 2.18. The molecule has 0 saturated carbocycles. The number of carbonyl (C=O) groups is 2. The summed E-state index contributed by atoms with van der Waals surface area (Å²) in [5.41, 5.74) is 1.06. The Balaban J connectivity index is 1.93. The molecule has 0 radical (unpaired) electrons. The number of likely N-dealkylation sites (tertiary alicyclic amines) is 1. The fourth-order valence-corrected chi connectivity index (χ4v) is 2.43. The van der Waals surface area contributed by atoms with Gasteiger partial charge in [0.25, 0.3) is 0 Å². The Morgan fingerprint density at radius 3 is 2.65 bits per heavy atom. The van der Waals surface area contributed by atoms with E-state index in [-0.39, 0.29) is 18.0 Å². The summed E-state index contributed by atoms with van der Waals surface area (Å²) in [5.74, 6) is -0.0680. The van der Waals surface area contributed by atoms with Gasteiger partial charge in [-0.2, -0.15) is 0 Å². The molecule has 5 heteroatoms. The van der Waals surface area contributed by atoms with Crippen molar-refractivity contribution < 1.29 is 9.59 Å². The van der Waals surface area contributed by atoms with Gasteiger partial charge in [-0.05, 0) is 18.4 Å². The molecular weight excluding hydrogens is 254 g/mol. The minimum absolute atomic E-state index is 0.0680. The van der Waals surface area contributed by atoms with Crippen molar-refractivity contribution in [3.63, 3.8) is 0 Å². The average molecular weight is 275 g/mol. The second-order valence-electron chi connectivity index (χ2n) is 5.23. The molecule has 0 bridgehead atoms. The van der Waals surface area contributed by atoms with Crippen molar-refractivity contribution in [1.82, 2.24) is 15.1 Å². The smallest absolute Gasteiger partial charge is 0.320 e. The predicted octanol–water partition coefficient (Wildman–Crippen LogP) is 1.45. The van der Waals surface area contributed by atoms with Crippen LogP contribution in [0.15, 0.2) is 30.3 Å². The Kier molecular flexibility index (Phi) is 4.61. The van der Waals surface area contributed by atoms with Crippen molar-refractivity contribution in [2.75, 3.05) is 20.6 Å². The maximum Gasteiger partial charge on any atom is 0.320 e. The summed E-state index contributed by atoms with van der Waals surface area (Å²) in [6, 6.07) is 9.34. The first-order valence-electron chi connectivity index (χ1n) is 6.89. The highest BCUT2D eigenvalue weighted by molar-refractivity contribution is 5.87. The Morgan fingerprint density at radius 1 is 1.30 bits per heavy atom. The molecule has 1 atom stereocenters. The van der Waals surface area contributed by atoms with E-state index in [1.165, 1.54) is 4.90 Å². The van der Waals surface area contributed by atoms with E-state index in [1.807, 2.05) is 30.3 Å². The van der Waals surface area contributed by atoms with E-state index in [1.54, 1.807) is 19.0 Å². The van der Waals surface area contributed by atoms with Gasteiger partial charge in [-0.1, -0.05) is 30.3 Å². The average Bonchev–Trinajstić information content (AvgIpc) is 2.94. The number of urea groups is 1. The normalized spacial score (nSPS) is 17.9. The summed E-state index contributed by atoms with van der Waals surface area (Å²) < 4.78 is 0. The minimum atomic E-state index is -0.339. The number of amides is 3. The number of benzene rings is 1. The fourth-order valence-electron chi connectivity index (χ4n) is 2.43. The Labute approximate surface area is 119 Å². The third-order valence-electron chi connectivity index (χ3n) is 3.49. The predicted molar refractivity (Wildman–Crippen MR) is 77.1 cm³/mol. The van der Waals surface area contributed by atoms with E-state index in [0.29, 0.717) is 13.1 Å². The van der Waals surface area contributed by atoms with Gasteiger partial charge in [0.2, 0.25) is 5.91 Å². The lowest BCUT2D eigenvalue weighted by Gasteiger charge is -2.26. The summed E-state index contributed by atoms with van der Waals surface area (Å²) >= 11 is 0. The molecule has 0 unspecified atom stereocenters. The monoisotopic (exact) mass is 275 g/mol.